The Morgan fingerprint density at radius 2 is 1.71 bits per heavy atom. The highest BCUT2D eigenvalue weighted by atomic mass is 16.2. The third-order valence-electron chi connectivity index (χ3n) is 8.50. The van der Waals surface area contributed by atoms with Gasteiger partial charge in [-0.2, -0.15) is 5.10 Å². The highest BCUT2D eigenvalue weighted by Gasteiger charge is 2.30. The van der Waals surface area contributed by atoms with Gasteiger partial charge in [0.15, 0.2) is 5.69 Å². The van der Waals surface area contributed by atoms with Crippen LogP contribution in [0.15, 0.2) is 54.7 Å². The molecule has 41 heavy (non-hydrogen) atoms. The van der Waals surface area contributed by atoms with Crippen LogP contribution in [0.1, 0.15) is 65.0 Å². The zero-order valence-electron chi connectivity index (χ0n) is 24.3. The molecule has 2 aliphatic rings. The smallest absolute Gasteiger partial charge is 0.276 e. The molecular weight excluding hydrogens is 510 g/mol. The minimum Gasteiger partial charge on any atom is -0.351 e. The van der Waals surface area contributed by atoms with Gasteiger partial charge in [0.05, 0.1) is 11.4 Å². The van der Waals surface area contributed by atoms with Crippen LogP contribution in [0.4, 0.5) is 11.6 Å². The van der Waals surface area contributed by atoms with Gasteiger partial charge in [0.25, 0.3) is 5.91 Å². The van der Waals surface area contributed by atoms with E-state index < -0.39 is 0 Å². The molecule has 8 nitrogen and oxygen atoms in total. The lowest BCUT2D eigenvalue weighted by atomic mass is 9.93. The molecule has 4 aromatic rings. The summed E-state index contributed by atoms with van der Waals surface area (Å²) < 4.78 is 1.81. The number of amides is 1. The summed E-state index contributed by atoms with van der Waals surface area (Å²) >= 11 is 0. The normalized spacial score (nSPS) is 15.3. The van der Waals surface area contributed by atoms with Crippen LogP contribution in [0.2, 0.25) is 0 Å². The molecule has 0 bridgehead atoms. The summed E-state index contributed by atoms with van der Waals surface area (Å²) in [4.78, 5) is 25.7. The Balaban J connectivity index is 1.18. The topological polar surface area (TPSA) is 88.0 Å². The Morgan fingerprint density at radius 1 is 0.976 bits per heavy atom. The number of benzene rings is 2. The van der Waals surface area contributed by atoms with Crippen molar-refractivity contribution in [2.24, 2.45) is 7.05 Å². The summed E-state index contributed by atoms with van der Waals surface area (Å²) in [5.74, 6) is 0.491. The maximum Gasteiger partial charge on any atom is 0.276 e. The zero-order valence-corrected chi connectivity index (χ0v) is 24.3. The third kappa shape index (κ3) is 5.61. The van der Waals surface area contributed by atoms with Crippen molar-refractivity contribution < 1.29 is 4.79 Å². The number of nitrogens with one attached hydrogen (secondary N) is 2. The lowest BCUT2D eigenvalue weighted by Crippen LogP contribution is -2.39. The maximum atomic E-state index is 13.6. The lowest BCUT2D eigenvalue weighted by Gasteiger charge is -2.32. The van der Waals surface area contributed by atoms with Crippen LogP contribution in [-0.2, 0) is 39.3 Å². The standard InChI is InChI=1S/C33H39N7O/c1-4-23-12-9-13-24(5-2)28(23)36-32(41)30-27-15-14-25-20-34-33(37-29(25)31(27)39(3)38-30)35-26-16-18-40(19-17-26)21-22-10-7-6-8-11-22/h6-13,20,26H,4-5,14-19,21H2,1-3H3,(H,36,41)(H,34,35,37). The second kappa shape index (κ2) is 11.8. The predicted octanol–water partition coefficient (Wildman–Crippen LogP) is 5.43. The van der Waals surface area contributed by atoms with E-state index in [0.717, 1.165) is 97.5 Å². The number of fused-ring (bicyclic) bond motifs is 3. The van der Waals surface area contributed by atoms with Gasteiger partial charge in [-0.05, 0) is 60.8 Å². The number of nitrogens with zero attached hydrogens (tertiary/aromatic N) is 5. The van der Waals surface area contributed by atoms with E-state index >= 15 is 0 Å². The number of likely N-dealkylation sites (tertiary alicyclic amines) is 1. The summed E-state index contributed by atoms with van der Waals surface area (Å²) in [6.07, 6.45) is 7.28. The lowest BCUT2D eigenvalue weighted by molar-refractivity contribution is 0.102. The van der Waals surface area contributed by atoms with Gasteiger partial charge in [0.2, 0.25) is 5.95 Å². The number of carbonyl (C=O) groups excluding carboxylic acids is 1. The van der Waals surface area contributed by atoms with Crippen molar-refractivity contribution >= 4 is 17.5 Å². The van der Waals surface area contributed by atoms with E-state index in [1.165, 1.54) is 5.56 Å². The molecule has 2 aromatic heterocycles. The first kappa shape index (κ1) is 27.1. The number of anilines is 2. The number of para-hydroxylation sites is 1. The number of piperidine rings is 1. The quantitative estimate of drug-likeness (QED) is 0.305. The predicted molar refractivity (Wildman–Crippen MR) is 163 cm³/mol. The molecule has 2 aromatic carbocycles. The van der Waals surface area contributed by atoms with E-state index in [9.17, 15) is 4.79 Å². The molecule has 1 aliphatic carbocycles. The summed E-state index contributed by atoms with van der Waals surface area (Å²) in [5.41, 5.74) is 8.90. The van der Waals surface area contributed by atoms with E-state index in [1.807, 2.05) is 17.9 Å². The van der Waals surface area contributed by atoms with Gasteiger partial charge in [-0.25, -0.2) is 9.97 Å². The molecule has 2 N–H and O–H groups in total. The van der Waals surface area contributed by atoms with E-state index in [-0.39, 0.29) is 5.91 Å². The maximum absolute atomic E-state index is 13.6. The van der Waals surface area contributed by atoms with Crippen LogP contribution in [0, 0.1) is 0 Å². The van der Waals surface area contributed by atoms with Gasteiger partial charge in [-0.15, -0.1) is 0 Å². The number of rotatable bonds is 8. The van der Waals surface area contributed by atoms with Crippen molar-refractivity contribution in [3.63, 3.8) is 0 Å². The Hall–Kier alpha value is -4.04. The van der Waals surface area contributed by atoms with Gasteiger partial charge < -0.3 is 10.6 Å². The molecule has 6 rings (SSSR count). The van der Waals surface area contributed by atoms with E-state index in [1.54, 1.807) is 0 Å². The van der Waals surface area contributed by atoms with Crippen molar-refractivity contribution in [1.29, 1.82) is 0 Å². The number of aryl methyl sites for hydroxylation is 4. The van der Waals surface area contributed by atoms with Crippen molar-refractivity contribution in [2.75, 3.05) is 23.7 Å². The van der Waals surface area contributed by atoms with Crippen molar-refractivity contribution in [2.45, 2.75) is 65.0 Å². The van der Waals surface area contributed by atoms with Crippen LogP contribution >= 0.6 is 0 Å². The molecular formula is C33H39N7O. The summed E-state index contributed by atoms with van der Waals surface area (Å²) in [7, 11) is 1.90. The molecule has 0 radical (unpaired) electrons. The minimum atomic E-state index is -0.157. The highest BCUT2D eigenvalue weighted by Crippen LogP contribution is 2.35. The fourth-order valence-electron chi connectivity index (χ4n) is 6.24. The van der Waals surface area contributed by atoms with Crippen LogP contribution in [-0.4, -0.2) is 49.7 Å². The Labute approximate surface area is 242 Å². The SMILES string of the molecule is CCc1cccc(CC)c1NC(=O)c1nn(C)c2c1CCc1cnc(NC3CCN(Cc4ccccc4)CC3)nc1-2. The molecule has 0 spiro atoms. The summed E-state index contributed by atoms with van der Waals surface area (Å²) in [6, 6.07) is 17.2. The van der Waals surface area contributed by atoms with Gasteiger partial charge >= 0.3 is 0 Å². The second-order valence-corrected chi connectivity index (χ2v) is 11.2. The van der Waals surface area contributed by atoms with E-state index in [2.05, 4.69) is 82.9 Å². The van der Waals surface area contributed by atoms with E-state index in [4.69, 9.17) is 10.1 Å². The average Bonchev–Trinajstić information content (AvgIpc) is 3.35. The third-order valence-corrected chi connectivity index (χ3v) is 8.50. The largest absolute Gasteiger partial charge is 0.351 e. The number of hydrogen-bond acceptors (Lipinski definition) is 6. The molecule has 0 atom stereocenters. The molecule has 1 saturated heterocycles. The zero-order chi connectivity index (χ0) is 28.3. The Morgan fingerprint density at radius 3 is 2.41 bits per heavy atom. The molecule has 8 heteroatoms. The van der Waals surface area contributed by atoms with Crippen molar-refractivity contribution in [1.82, 2.24) is 24.6 Å². The highest BCUT2D eigenvalue weighted by molar-refractivity contribution is 6.05. The minimum absolute atomic E-state index is 0.157. The van der Waals surface area contributed by atoms with Crippen LogP contribution < -0.4 is 10.6 Å². The Bertz CT molecular complexity index is 1510. The summed E-state index contributed by atoms with van der Waals surface area (Å²) in [6.45, 7) is 7.31. The van der Waals surface area contributed by atoms with Crippen molar-refractivity contribution in [3.05, 3.63) is 88.2 Å². The van der Waals surface area contributed by atoms with Gasteiger partial charge in [-0.1, -0.05) is 62.4 Å². The molecule has 212 valence electrons. The van der Waals surface area contributed by atoms with Crippen LogP contribution in [0.5, 0.6) is 0 Å². The second-order valence-electron chi connectivity index (χ2n) is 11.2. The van der Waals surface area contributed by atoms with Crippen LogP contribution in [0.25, 0.3) is 11.4 Å². The molecule has 0 saturated carbocycles. The van der Waals surface area contributed by atoms with Crippen molar-refractivity contribution in [3.8, 4) is 11.4 Å². The van der Waals surface area contributed by atoms with Gasteiger partial charge in [0.1, 0.15) is 0 Å². The first-order valence-electron chi connectivity index (χ1n) is 14.9. The first-order chi connectivity index (χ1) is 20.0. The number of hydrogen-bond donors (Lipinski definition) is 2. The molecule has 1 aliphatic heterocycles. The molecule has 1 amide bonds. The Kier molecular flexibility index (Phi) is 7.83. The van der Waals surface area contributed by atoms with E-state index in [0.29, 0.717) is 17.7 Å². The number of aromatic nitrogens is 4. The van der Waals surface area contributed by atoms with Crippen LogP contribution in [0.3, 0.4) is 0 Å². The molecule has 0 unspecified atom stereocenters. The fraction of sp³-hybridized carbons (Fsp3) is 0.394. The summed E-state index contributed by atoms with van der Waals surface area (Å²) in [5, 5.41) is 11.5. The monoisotopic (exact) mass is 549 g/mol. The van der Waals surface area contributed by atoms with Gasteiger partial charge in [-0.3, -0.25) is 14.4 Å². The first-order valence-corrected chi connectivity index (χ1v) is 14.9. The fourth-order valence-corrected chi connectivity index (χ4v) is 6.24. The average molecular weight is 550 g/mol. The molecule has 1 fully saturated rings. The molecule has 3 heterocycles. The van der Waals surface area contributed by atoms with Gasteiger partial charge in [0, 0.05) is 50.2 Å². The number of carbonyl (C=O) groups is 1.